The second-order valence-corrected chi connectivity index (χ2v) is 6.86. The van der Waals surface area contributed by atoms with E-state index in [0.717, 1.165) is 5.56 Å². The second-order valence-electron chi connectivity index (χ2n) is 6.07. The van der Waals surface area contributed by atoms with Gasteiger partial charge in [-0.3, -0.25) is 0 Å². The number of halogens is 2. The van der Waals surface area contributed by atoms with Crippen LogP contribution >= 0.6 is 15.9 Å². The average molecular weight is 445 g/mol. The predicted molar refractivity (Wildman–Crippen MR) is 107 cm³/mol. The lowest BCUT2D eigenvalue weighted by Gasteiger charge is -2.18. The van der Waals surface area contributed by atoms with Crippen LogP contribution in [0.3, 0.4) is 0 Å². The van der Waals surface area contributed by atoms with E-state index in [1.54, 1.807) is 30.3 Å². The molecule has 1 N–H and O–H groups in total. The summed E-state index contributed by atoms with van der Waals surface area (Å²) in [5.41, 5.74) is 0.929. The standard InChI is InChI=1S/C22H18BrFO4/c1-14-18(22(26)28-16-10-6-3-7-11-16)21(19(23)17(12-25)20(14)24)27-13-15-8-4-2-5-9-15/h2-11,25H,12-13H2,1H3. The van der Waals surface area contributed by atoms with Gasteiger partial charge in [0.2, 0.25) is 0 Å². The molecule has 4 nitrogen and oxygen atoms in total. The van der Waals surface area contributed by atoms with Gasteiger partial charge in [0.05, 0.1) is 11.1 Å². The van der Waals surface area contributed by atoms with Crippen LogP contribution in [0.5, 0.6) is 11.5 Å². The van der Waals surface area contributed by atoms with Crippen molar-refractivity contribution in [2.45, 2.75) is 20.1 Å². The zero-order valence-corrected chi connectivity index (χ0v) is 16.7. The van der Waals surface area contributed by atoms with Gasteiger partial charge in [-0.1, -0.05) is 48.5 Å². The largest absolute Gasteiger partial charge is 0.487 e. The minimum atomic E-state index is -0.740. The lowest BCUT2D eigenvalue weighted by Crippen LogP contribution is -2.16. The van der Waals surface area contributed by atoms with Crippen molar-refractivity contribution in [2.24, 2.45) is 0 Å². The summed E-state index contributed by atoms with van der Waals surface area (Å²) in [5, 5.41) is 9.56. The number of aliphatic hydroxyl groups is 1. The van der Waals surface area contributed by atoms with Gasteiger partial charge in [-0.2, -0.15) is 0 Å². The smallest absolute Gasteiger partial charge is 0.347 e. The minimum Gasteiger partial charge on any atom is -0.487 e. The van der Waals surface area contributed by atoms with Crippen molar-refractivity contribution in [3.63, 3.8) is 0 Å². The van der Waals surface area contributed by atoms with Crippen molar-refractivity contribution in [1.82, 2.24) is 0 Å². The number of aliphatic hydroxyl groups excluding tert-OH is 1. The Morgan fingerprint density at radius 3 is 2.29 bits per heavy atom. The molecular weight excluding hydrogens is 427 g/mol. The molecule has 28 heavy (non-hydrogen) atoms. The van der Waals surface area contributed by atoms with Crippen LogP contribution in [0.25, 0.3) is 0 Å². The molecule has 0 radical (unpaired) electrons. The SMILES string of the molecule is Cc1c(F)c(CO)c(Br)c(OCc2ccccc2)c1C(=O)Oc1ccccc1. The molecule has 0 saturated carbocycles. The van der Waals surface area contributed by atoms with Gasteiger partial charge in [0.25, 0.3) is 0 Å². The molecule has 0 spiro atoms. The van der Waals surface area contributed by atoms with E-state index in [1.807, 2.05) is 30.3 Å². The van der Waals surface area contributed by atoms with Crippen molar-refractivity contribution < 1.29 is 23.8 Å². The summed E-state index contributed by atoms with van der Waals surface area (Å²) in [6.45, 7) is 1.09. The van der Waals surface area contributed by atoms with Gasteiger partial charge in [-0.25, -0.2) is 9.18 Å². The number of esters is 1. The Morgan fingerprint density at radius 2 is 1.68 bits per heavy atom. The molecule has 3 rings (SSSR count). The van der Waals surface area contributed by atoms with Crippen LogP contribution in [0.15, 0.2) is 65.1 Å². The molecule has 3 aromatic rings. The van der Waals surface area contributed by atoms with Gasteiger partial charge in [0, 0.05) is 11.1 Å². The maximum atomic E-state index is 14.7. The van der Waals surface area contributed by atoms with Crippen molar-refractivity contribution in [2.75, 3.05) is 0 Å². The molecule has 6 heteroatoms. The zero-order chi connectivity index (χ0) is 20.1. The molecule has 0 heterocycles. The number of hydrogen-bond acceptors (Lipinski definition) is 4. The summed E-state index contributed by atoms with van der Waals surface area (Å²) < 4.78 is 26.2. The highest BCUT2D eigenvalue weighted by molar-refractivity contribution is 9.10. The lowest BCUT2D eigenvalue weighted by atomic mass is 10.0. The molecule has 0 amide bonds. The average Bonchev–Trinajstić information content (AvgIpc) is 2.71. The molecule has 144 valence electrons. The van der Waals surface area contributed by atoms with Crippen LogP contribution in [-0.4, -0.2) is 11.1 Å². The van der Waals surface area contributed by atoms with Crippen molar-refractivity contribution >= 4 is 21.9 Å². The molecule has 0 atom stereocenters. The summed E-state index contributed by atoms with van der Waals surface area (Å²) in [6.07, 6.45) is 0. The lowest BCUT2D eigenvalue weighted by molar-refractivity contribution is 0.0727. The fraction of sp³-hybridized carbons (Fsp3) is 0.136. The summed E-state index contributed by atoms with van der Waals surface area (Å²) in [4.78, 5) is 12.8. The molecule has 0 aliphatic carbocycles. The fourth-order valence-electron chi connectivity index (χ4n) is 2.75. The number of para-hydroxylation sites is 1. The Morgan fingerprint density at radius 1 is 1.07 bits per heavy atom. The Hall–Kier alpha value is -2.70. The van der Waals surface area contributed by atoms with E-state index >= 15 is 0 Å². The van der Waals surface area contributed by atoms with E-state index in [4.69, 9.17) is 9.47 Å². The Balaban J connectivity index is 2.02. The monoisotopic (exact) mass is 444 g/mol. The molecule has 0 aliphatic heterocycles. The molecule has 0 unspecified atom stereocenters. The normalized spacial score (nSPS) is 10.6. The molecule has 0 fully saturated rings. The number of carbonyl (C=O) groups is 1. The minimum absolute atomic E-state index is 0.0248. The van der Waals surface area contributed by atoms with Crippen LogP contribution in [-0.2, 0) is 13.2 Å². The third-order valence-electron chi connectivity index (χ3n) is 4.20. The number of rotatable bonds is 6. The summed E-state index contributed by atoms with van der Waals surface area (Å²) in [6, 6.07) is 17.9. The van der Waals surface area contributed by atoms with E-state index in [0.29, 0.717) is 5.75 Å². The van der Waals surface area contributed by atoms with Gasteiger partial charge in [0.1, 0.15) is 29.5 Å². The fourth-order valence-corrected chi connectivity index (χ4v) is 3.36. The van der Waals surface area contributed by atoms with Crippen molar-refractivity contribution in [1.29, 1.82) is 0 Å². The first-order valence-corrected chi connectivity index (χ1v) is 9.37. The maximum absolute atomic E-state index is 14.7. The van der Waals surface area contributed by atoms with Crippen LogP contribution in [0, 0.1) is 12.7 Å². The van der Waals surface area contributed by atoms with Crippen LogP contribution in [0.2, 0.25) is 0 Å². The summed E-state index contributed by atoms with van der Waals surface area (Å²) in [5.74, 6) is -0.950. The maximum Gasteiger partial charge on any atom is 0.347 e. The summed E-state index contributed by atoms with van der Waals surface area (Å²) in [7, 11) is 0. The quantitative estimate of drug-likeness (QED) is 0.419. The second kappa shape index (κ2) is 8.99. The Kier molecular flexibility index (Phi) is 6.44. The van der Waals surface area contributed by atoms with E-state index in [-0.39, 0.29) is 33.5 Å². The number of ether oxygens (including phenoxy) is 2. The van der Waals surface area contributed by atoms with E-state index in [1.165, 1.54) is 6.92 Å². The Bertz CT molecular complexity index is 975. The first-order valence-electron chi connectivity index (χ1n) is 8.58. The zero-order valence-electron chi connectivity index (χ0n) is 15.1. The molecule has 0 aliphatic rings. The molecule has 0 bridgehead atoms. The number of benzene rings is 3. The predicted octanol–water partition coefficient (Wildman–Crippen LogP) is 5.19. The van der Waals surface area contributed by atoms with Gasteiger partial charge in [0.15, 0.2) is 0 Å². The third-order valence-corrected chi connectivity index (χ3v) is 5.04. The van der Waals surface area contributed by atoms with Gasteiger partial charge in [-0.05, 0) is 40.5 Å². The van der Waals surface area contributed by atoms with Gasteiger partial charge in [-0.15, -0.1) is 0 Å². The van der Waals surface area contributed by atoms with Gasteiger partial charge < -0.3 is 14.6 Å². The third kappa shape index (κ3) is 4.24. The van der Waals surface area contributed by atoms with Crippen molar-refractivity contribution in [3.05, 3.63) is 93.2 Å². The van der Waals surface area contributed by atoms with Crippen LogP contribution in [0.1, 0.15) is 27.0 Å². The van der Waals surface area contributed by atoms with E-state index < -0.39 is 18.4 Å². The topological polar surface area (TPSA) is 55.8 Å². The first-order chi connectivity index (χ1) is 13.5. The highest BCUT2D eigenvalue weighted by Crippen LogP contribution is 2.38. The molecule has 0 saturated heterocycles. The Labute approximate surface area is 170 Å². The van der Waals surface area contributed by atoms with Crippen LogP contribution < -0.4 is 9.47 Å². The molecule has 0 aromatic heterocycles. The van der Waals surface area contributed by atoms with E-state index in [2.05, 4.69) is 15.9 Å². The number of carbonyl (C=O) groups excluding carboxylic acids is 1. The van der Waals surface area contributed by atoms with Crippen LogP contribution in [0.4, 0.5) is 4.39 Å². The first kappa shape index (κ1) is 20.0. The molecule has 3 aromatic carbocycles. The highest BCUT2D eigenvalue weighted by atomic mass is 79.9. The van der Waals surface area contributed by atoms with Crippen molar-refractivity contribution in [3.8, 4) is 11.5 Å². The van der Waals surface area contributed by atoms with Gasteiger partial charge >= 0.3 is 5.97 Å². The van der Waals surface area contributed by atoms with E-state index in [9.17, 15) is 14.3 Å². The molecular formula is C22H18BrFO4. The summed E-state index contributed by atoms with van der Waals surface area (Å²) >= 11 is 3.27. The highest BCUT2D eigenvalue weighted by Gasteiger charge is 2.27. The number of hydrogen-bond donors (Lipinski definition) is 1.